The van der Waals surface area contributed by atoms with Crippen molar-refractivity contribution in [3.8, 4) is 0 Å². The van der Waals surface area contributed by atoms with Gasteiger partial charge < -0.3 is 14.2 Å². The van der Waals surface area contributed by atoms with E-state index in [1.165, 1.54) is 0 Å². The molecule has 6 heteroatoms. The Morgan fingerprint density at radius 1 is 1.36 bits per heavy atom. The van der Waals surface area contributed by atoms with Crippen LogP contribution in [0.5, 0.6) is 0 Å². The standard InChI is InChI=1S/C19H25N3O2S/c1-24-13-12-21-11-9-20-19(21)16-6-5-10-22(14-16)18(23)15-25-17-7-3-2-4-8-17/h2-4,7-9,11,16H,5-6,10,12-15H2,1H3. The highest BCUT2D eigenvalue weighted by Gasteiger charge is 2.27. The summed E-state index contributed by atoms with van der Waals surface area (Å²) in [5, 5.41) is 0. The van der Waals surface area contributed by atoms with E-state index in [0.29, 0.717) is 18.3 Å². The van der Waals surface area contributed by atoms with Crippen LogP contribution in [0, 0.1) is 0 Å². The summed E-state index contributed by atoms with van der Waals surface area (Å²) in [5.41, 5.74) is 0. The Labute approximate surface area is 153 Å². The van der Waals surface area contributed by atoms with Gasteiger partial charge in [0.05, 0.1) is 12.4 Å². The van der Waals surface area contributed by atoms with Crippen LogP contribution in [0.15, 0.2) is 47.6 Å². The van der Waals surface area contributed by atoms with Crippen molar-refractivity contribution in [3.05, 3.63) is 48.5 Å². The lowest BCUT2D eigenvalue weighted by Crippen LogP contribution is -2.40. The molecule has 1 atom stereocenters. The predicted molar refractivity (Wildman–Crippen MR) is 99.8 cm³/mol. The van der Waals surface area contributed by atoms with E-state index in [-0.39, 0.29) is 5.91 Å². The number of thioether (sulfide) groups is 1. The van der Waals surface area contributed by atoms with Crippen LogP contribution < -0.4 is 0 Å². The van der Waals surface area contributed by atoms with Gasteiger partial charge in [-0.1, -0.05) is 18.2 Å². The Morgan fingerprint density at radius 2 is 2.20 bits per heavy atom. The van der Waals surface area contributed by atoms with Crippen LogP contribution in [-0.2, 0) is 16.1 Å². The molecule has 1 fully saturated rings. The number of carbonyl (C=O) groups is 1. The first-order chi connectivity index (χ1) is 12.3. The lowest BCUT2D eigenvalue weighted by atomic mass is 9.97. The first-order valence-corrected chi connectivity index (χ1v) is 9.72. The van der Waals surface area contributed by atoms with Crippen molar-refractivity contribution in [2.45, 2.75) is 30.2 Å². The van der Waals surface area contributed by atoms with Crippen LogP contribution in [0.25, 0.3) is 0 Å². The third-order valence-electron chi connectivity index (χ3n) is 4.53. The Morgan fingerprint density at radius 3 is 3.00 bits per heavy atom. The van der Waals surface area contributed by atoms with Crippen molar-refractivity contribution in [1.29, 1.82) is 0 Å². The molecule has 0 bridgehead atoms. The van der Waals surface area contributed by atoms with E-state index in [9.17, 15) is 4.79 Å². The molecule has 1 unspecified atom stereocenters. The summed E-state index contributed by atoms with van der Waals surface area (Å²) in [6, 6.07) is 10.1. The molecule has 0 aliphatic carbocycles. The molecule has 1 aromatic heterocycles. The molecule has 2 aromatic rings. The molecule has 134 valence electrons. The van der Waals surface area contributed by atoms with Crippen LogP contribution in [-0.4, -0.2) is 52.9 Å². The summed E-state index contributed by atoms with van der Waals surface area (Å²) in [7, 11) is 1.71. The summed E-state index contributed by atoms with van der Waals surface area (Å²) >= 11 is 1.61. The number of carbonyl (C=O) groups excluding carboxylic acids is 1. The van der Waals surface area contributed by atoms with Crippen LogP contribution >= 0.6 is 11.8 Å². The zero-order chi connectivity index (χ0) is 17.5. The molecule has 1 aliphatic rings. The summed E-state index contributed by atoms with van der Waals surface area (Å²) in [6.07, 6.45) is 5.96. The quantitative estimate of drug-likeness (QED) is 0.713. The molecule has 3 rings (SSSR count). The maximum atomic E-state index is 12.6. The number of benzene rings is 1. The van der Waals surface area contributed by atoms with Crippen LogP contribution in [0.1, 0.15) is 24.6 Å². The van der Waals surface area contributed by atoms with Crippen molar-refractivity contribution >= 4 is 17.7 Å². The third-order valence-corrected chi connectivity index (χ3v) is 5.53. The van der Waals surface area contributed by atoms with Crippen molar-refractivity contribution in [1.82, 2.24) is 14.5 Å². The molecule has 2 heterocycles. The van der Waals surface area contributed by atoms with Crippen molar-refractivity contribution in [2.75, 3.05) is 32.6 Å². The van der Waals surface area contributed by atoms with E-state index >= 15 is 0 Å². The van der Waals surface area contributed by atoms with E-state index in [1.54, 1.807) is 18.9 Å². The zero-order valence-electron chi connectivity index (χ0n) is 14.6. The van der Waals surface area contributed by atoms with Gasteiger partial charge in [-0.3, -0.25) is 4.79 Å². The Bertz CT molecular complexity index is 674. The number of nitrogens with zero attached hydrogens (tertiary/aromatic N) is 3. The van der Waals surface area contributed by atoms with Gasteiger partial charge >= 0.3 is 0 Å². The third kappa shape index (κ3) is 4.86. The van der Waals surface area contributed by atoms with Gasteiger partial charge in [0.2, 0.25) is 5.91 Å². The number of ether oxygens (including phenoxy) is 1. The Hall–Kier alpha value is -1.79. The minimum atomic E-state index is 0.216. The average Bonchev–Trinajstić information content (AvgIpc) is 3.14. The summed E-state index contributed by atoms with van der Waals surface area (Å²) in [6.45, 7) is 3.09. The van der Waals surface area contributed by atoms with Crippen molar-refractivity contribution in [2.24, 2.45) is 0 Å². The number of rotatable bonds is 7. The van der Waals surface area contributed by atoms with E-state index in [1.807, 2.05) is 47.6 Å². The number of imidazole rings is 1. The lowest BCUT2D eigenvalue weighted by molar-refractivity contribution is -0.129. The first-order valence-electron chi connectivity index (χ1n) is 8.73. The lowest BCUT2D eigenvalue weighted by Gasteiger charge is -2.32. The minimum Gasteiger partial charge on any atom is -0.383 e. The molecule has 0 radical (unpaired) electrons. The molecule has 25 heavy (non-hydrogen) atoms. The minimum absolute atomic E-state index is 0.216. The molecule has 0 spiro atoms. The van der Waals surface area contributed by atoms with Crippen LogP contribution in [0.4, 0.5) is 0 Å². The van der Waals surface area contributed by atoms with Crippen LogP contribution in [0.3, 0.4) is 0 Å². The predicted octanol–water partition coefficient (Wildman–Crippen LogP) is 3.03. The van der Waals surface area contributed by atoms with Crippen molar-refractivity contribution < 1.29 is 9.53 Å². The topological polar surface area (TPSA) is 47.4 Å². The highest BCUT2D eigenvalue weighted by Crippen LogP contribution is 2.27. The van der Waals surface area contributed by atoms with E-state index in [0.717, 1.165) is 43.2 Å². The molecule has 0 N–H and O–H groups in total. The monoisotopic (exact) mass is 359 g/mol. The van der Waals surface area contributed by atoms with Crippen molar-refractivity contribution in [3.63, 3.8) is 0 Å². The number of aromatic nitrogens is 2. The normalized spacial score (nSPS) is 17.6. The summed E-state index contributed by atoms with van der Waals surface area (Å²) < 4.78 is 7.33. The fourth-order valence-electron chi connectivity index (χ4n) is 3.23. The Kier molecular flexibility index (Phi) is 6.53. The molecular weight excluding hydrogens is 334 g/mol. The summed E-state index contributed by atoms with van der Waals surface area (Å²) in [5.74, 6) is 2.10. The molecule has 1 amide bonds. The highest BCUT2D eigenvalue weighted by atomic mass is 32.2. The number of hydrogen-bond donors (Lipinski definition) is 0. The van der Waals surface area contributed by atoms with Gasteiger partial charge in [0, 0.05) is 50.0 Å². The fraction of sp³-hybridized carbons (Fsp3) is 0.474. The molecule has 5 nitrogen and oxygen atoms in total. The van der Waals surface area contributed by atoms with E-state index in [4.69, 9.17) is 4.74 Å². The number of methoxy groups -OCH3 is 1. The average molecular weight is 359 g/mol. The molecular formula is C19H25N3O2S. The largest absolute Gasteiger partial charge is 0.383 e. The summed E-state index contributed by atoms with van der Waals surface area (Å²) in [4.78, 5) is 20.3. The molecule has 1 aromatic carbocycles. The molecule has 0 saturated carbocycles. The first kappa shape index (κ1) is 18.0. The van der Waals surface area contributed by atoms with Gasteiger partial charge in [-0.25, -0.2) is 4.98 Å². The van der Waals surface area contributed by atoms with Crippen LogP contribution in [0.2, 0.25) is 0 Å². The molecule has 1 aliphatic heterocycles. The smallest absolute Gasteiger partial charge is 0.232 e. The van der Waals surface area contributed by atoms with E-state index in [2.05, 4.69) is 9.55 Å². The van der Waals surface area contributed by atoms with Gasteiger partial charge in [0.25, 0.3) is 0 Å². The SMILES string of the molecule is COCCn1ccnc1C1CCCN(C(=O)CSc2ccccc2)C1. The van der Waals surface area contributed by atoms with Gasteiger partial charge in [-0.15, -0.1) is 11.8 Å². The second-order valence-corrected chi connectivity index (χ2v) is 7.30. The van der Waals surface area contributed by atoms with Gasteiger partial charge in [-0.2, -0.15) is 0 Å². The second kappa shape index (κ2) is 9.06. The zero-order valence-corrected chi connectivity index (χ0v) is 15.5. The number of piperidine rings is 1. The van der Waals surface area contributed by atoms with E-state index < -0.39 is 0 Å². The maximum absolute atomic E-state index is 12.6. The van der Waals surface area contributed by atoms with Gasteiger partial charge in [-0.05, 0) is 25.0 Å². The van der Waals surface area contributed by atoms with Gasteiger partial charge in [0.1, 0.15) is 5.82 Å². The molecule has 1 saturated heterocycles. The Balaban J connectivity index is 1.57. The number of amides is 1. The highest BCUT2D eigenvalue weighted by molar-refractivity contribution is 8.00. The number of hydrogen-bond acceptors (Lipinski definition) is 4. The van der Waals surface area contributed by atoms with Gasteiger partial charge in [0.15, 0.2) is 0 Å². The second-order valence-electron chi connectivity index (χ2n) is 6.25. The maximum Gasteiger partial charge on any atom is 0.232 e. The number of likely N-dealkylation sites (tertiary alicyclic amines) is 1. The fourth-order valence-corrected chi connectivity index (χ4v) is 4.05.